The van der Waals surface area contributed by atoms with Gasteiger partial charge >= 0.3 is 0 Å². The minimum Gasteiger partial charge on any atom is -0.369 e. The van der Waals surface area contributed by atoms with E-state index in [1.54, 1.807) is 7.11 Å². The molecule has 2 unspecified atom stereocenters. The van der Waals surface area contributed by atoms with Crippen LogP contribution in [0.4, 0.5) is 17.1 Å². The fraction of sp³-hybridized carbons (Fsp3) is 0.200. The van der Waals surface area contributed by atoms with E-state index in [1.165, 1.54) is 0 Å². The summed E-state index contributed by atoms with van der Waals surface area (Å²) in [5, 5.41) is 1.26. The second kappa shape index (κ2) is 7.93. The van der Waals surface area contributed by atoms with Gasteiger partial charge in [0.25, 0.3) is 5.91 Å². The summed E-state index contributed by atoms with van der Waals surface area (Å²) in [7, 11) is 3.51. The van der Waals surface area contributed by atoms with Gasteiger partial charge in [0.2, 0.25) is 0 Å². The third kappa shape index (κ3) is 3.04. The van der Waals surface area contributed by atoms with Crippen molar-refractivity contribution in [1.82, 2.24) is 0 Å². The first-order valence-corrected chi connectivity index (χ1v) is 11.0. The van der Waals surface area contributed by atoms with Crippen molar-refractivity contribution >= 4 is 52.0 Å². The zero-order chi connectivity index (χ0) is 22.5. The SMILES string of the molecule is COC1C(=O)N2c3ccccc3N=C(N(C)c3ccccc3Cl)CC12c1ccc(Cl)cc1. The molecule has 1 fully saturated rings. The molecule has 0 radical (unpaired) electrons. The molecule has 5 rings (SSSR count). The van der Waals surface area contributed by atoms with Crippen LogP contribution in [-0.4, -0.2) is 32.0 Å². The summed E-state index contributed by atoms with van der Waals surface area (Å²) in [6.07, 6.45) is -0.213. The Labute approximate surface area is 196 Å². The second-order valence-corrected chi connectivity index (χ2v) is 8.77. The van der Waals surface area contributed by atoms with Crippen molar-refractivity contribution in [3.05, 3.63) is 88.4 Å². The molecule has 2 aliphatic heterocycles. The van der Waals surface area contributed by atoms with Gasteiger partial charge in [-0.1, -0.05) is 59.6 Å². The van der Waals surface area contributed by atoms with Crippen LogP contribution in [0, 0.1) is 0 Å². The van der Waals surface area contributed by atoms with E-state index in [0.717, 1.165) is 28.5 Å². The van der Waals surface area contributed by atoms with Crippen LogP contribution in [0.25, 0.3) is 0 Å². The lowest BCUT2D eigenvalue weighted by molar-refractivity contribution is -0.147. The highest BCUT2D eigenvalue weighted by atomic mass is 35.5. The average molecular weight is 466 g/mol. The van der Waals surface area contributed by atoms with E-state index in [2.05, 4.69) is 0 Å². The van der Waals surface area contributed by atoms with Gasteiger partial charge in [-0.15, -0.1) is 0 Å². The number of rotatable bonds is 3. The number of methoxy groups -OCH3 is 1. The first-order valence-electron chi connectivity index (χ1n) is 10.2. The number of nitrogens with zero attached hydrogens (tertiary/aromatic N) is 3. The van der Waals surface area contributed by atoms with E-state index in [1.807, 2.05) is 89.6 Å². The molecule has 3 aromatic rings. The fourth-order valence-electron chi connectivity index (χ4n) is 4.72. The number of hydrogen-bond donors (Lipinski definition) is 0. The summed E-state index contributed by atoms with van der Waals surface area (Å²) < 4.78 is 5.76. The molecule has 5 nitrogen and oxygen atoms in total. The zero-order valence-electron chi connectivity index (χ0n) is 17.6. The first kappa shape index (κ1) is 21.0. The largest absolute Gasteiger partial charge is 0.369 e. The van der Waals surface area contributed by atoms with Crippen molar-refractivity contribution in [2.24, 2.45) is 4.99 Å². The van der Waals surface area contributed by atoms with Gasteiger partial charge in [0, 0.05) is 25.6 Å². The van der Waals surface area contributed by atoms with E-state index < -0.39 is 11.6 Å². The molecule has 2 heterocycles. The maximum absolute atomic E-state index is 13.3. The summed E-state index contributed by atoms with van der Waals surface area (Å²) in [5.41, 5.74) is 2.48. The molecule has 3 aromatic carbocycles. The minimum atomic E-state index is -0.766. The number of hydrogen-bond acceptors (Lipinski definition) is 4. The Hall–Kier alpha value is -2.86. The van der Waals surface area contributed by atoms with Gasteiger partial charge in [0.15, 0.2) is 6.10 Å². The highest BCUT2D eigenvalue weighted by molar-refractivity contribution is 6.34. The Balaban J connectivity index is 1.73. The molecular formula is C25H21Cl2N3O2. The van der Waals surface area contributed by atoms with Crippen molar-refractivity contribution in [1.29, 1.82) is 0 Å². The highest BCUT2D eigenvalue weighted by Crippen LogP contribution is 2.53. The molecule has 162 valence electrons. The van der Waals surface area contributed by atoms with Gasteiger partial charge in [0.05, 0.1) is 22.1 Å². The lowest BCUT2D eigenvalue weighted by Gasteiger charge is -2.56. The molecule has 0 N–H and O–H groups in total. The number of β-lactam (4-membered cyclic amide) rings is 1. The third-order valence-electron chi connectivity index (χ3n) is 6.26. The van der Waals surface area contributed by atoms with Gasteiger partial charge in [-0.2, -0.15) is 0 Å². The molecular weight excluding hydrogens is 445 g/mol. The lowest BCUT2D eigenvalue weighted by Crippen LogP contribution is -2.74. The van der Waals surface area contributed by atoms with Gasteiger partial charge in [-0.3, -0.25) is 9.69 Å². The highest BCUT2D eigenvalue weighted by Gasteiger charge is 2.64. The number of halogens is 2. The summed E-state index contributed by atoms with van der Waals surface area (Å²) in [4.78, 5) is 22.1. The number of amidine groups is 1. The summed E-state index contributed by atoms with van der Waals surface area (Å²) in [6, 6.07) is 22.9. The molecule has 32 heavy (non-hydrogen) atoms. The number of fused-ring (bicyclic) bond motifs is 3. The number of carbonyl (C=O) groups excluding carboxylic acids is 1. The quantitative estimate of drug-likeness (QED) is 0.457. The van der Waals surface area contributed by atoms with Crippen LogP contribution in [0.3, 0.4) is 0 Å². The van der Waals surface area contributed by atoms with Crippen LogP contribution in [0.5, 0.6) is 0 Å². The predicted molar refractivity (Wildman–Crippen MR) is 129 cm³/mol. The standard InChI is InChI=1S/C25H21Cl2N3O2/c1-29(20-9-5-3-7-18(20)27)22-15-25(16-11-13-17(26)14-12-16)23(32-2)24(31)30(25)21-10-6-4-8-19(21)28-22/h3-14,23H,15H2,1-2H3. The zero-order valence-corrected chi connectivity index (χ0v) is 19.1. The predicted octanol–water partition coefficient (Wildman–Crippen LogP) is 5.82. The van der Waals surface area contributed by atoms with Gasteiger partial charge in [0.1, 0.15) is 11.4 Å². The molecule has 0 spiro atoms. The molecule has 7 heteroatoms. The summed E-state index contributed by atoms with van der Waals surface area (Å²) in [5.74, 6) is 0.685. The lowest BCUT2D eigenvalue weighted by atomic mass is 9.71. The van der Waals surface area contributed by atoms with Crippen molar-refractivity contribution in [2.75, 3.05) is 24.0 Å². The molecule has 2 aliphatic rings. The summed E-state index contributed by atoms with van der Waals surface area (Å²) >= 11 is 12.7. The Bertz CT molecular complexity index is 1230. The molecule has 1 amide bonds. The monoisotopic (exact) mass is 465 g/mol. The van der Waals surface area contributed by atoms with E-state index in [0.29, 0.717) is 16.5 Å². The van der Waals surface area contributed by atoms with Crippen LogP contribution >= 0.6 is 23.2 Å². The second-order valence-electron chi connectivity index (χ2n) is 7.92. The maximum atomic E-state index is 13.3. The number of ether oxygens (including phenoxy) is 1. The van der Waals surface area contributed by atoms with Crippen molar-refractivity contribution in [2.45, 2.75) is 18.1 Å². The molecule has 1 saturated heterocycles. The Kier molecular flexibility index (Phi) is 5.20. The number of amides is 1. The van der Waals surface area contributed by atoms with Gasteiger partial charge in [-0.05, 0) is 42.0 Å². The molecule has 0 aliphatic carbocycles. The normalized spacial score (nSPS) is 21.8. The van der Waals surface area contributed by atoms with Crippen LogP contribution < -0.4 is 9.80 Å². The van der Waals surface area contributed by atoms with Crippen LogP contribution in [0.1, 0.15) is 12.0 Å². The minimum absolute atomic E-state index is 0.0910. The van der Waals surface area contributed by atoms with Crippen LogP contribution in [0.2, 0.25) is 10.0 Å². The first-order chi connectivity index (χ1) is 15.5. The number of aliphatic imine (C=N–C) groups is 1. The van der Waals surface area contributed by atoms with Crippen molar-refractivity contribution in [3.8, 4) is 0 Å². The van der Waals surface area contributed by atoms with Gasteiger partial charge in [-0.25, -0.2) is 4.99 Å². The molecule has 2 atom stereocenters. The smallest absolute Gasteiger partial charge is 0.259 e. The molecule has 0 bridgehead atoms. The van der Waals surface area contributed by atoms with Crippen LogP contribution in [0.15, 0.2) is 77.8 Å². The Morgan fingerprint density at radius 2 is 1.72 bits per heavy atom. The third-order valence-corrected chi connectivity index (χ3v) is 6.83. The number of para-hydroxylation sites is 3. The van der Waals surface area contributed by atoms with Crippen molar-refractivity contribution < 1.29 is 9.53 Å². The Morgan fingerprint density at radius 1 is 1.03 bits per heavy atom. The van der Waals surface area contributed by atoms with Gasteiger partial charge < -0.3 is 9.64 Å². The number of carbonyl (C=O) groups is 1. The average Bonchev–Trinajstić information content (AvgIpc) is 2.92. The summed E-state index contributed by atoms with van der Waals surface area (Å²) in [6.45, 7) is 0. The molecule has 0 aromatic heterocycles. The maximum Gasteiger partial charge on any atom is 0.259 e. The topological polar surface area (TPSA) is 45.1 Å². The van der Waals surface area contributed by atoms with Crippen molar-refractivity contribution in [3.63, 3.8) is 0 Å². The number of anilines is 2. The molecule has 0 saturated carbocycles. The fourth-order valence-corrected chi connectivity index (χ4v) is 5.10. The van der Waals surface area contributed by atoms with E-state index in [9.17, 15) is 4.79 Å². The van der Waals surface area contributed by atoms with E-state index in [4.69, 9.17) is 32.9 Å². The van der Waals surface area contributed by atoms with Crippen LogP contribution in [-0.2, 0) is 15.1 Å². The Morgan fingerprint density at radius 3 is 2.44 bits per heavy atom. The number of benzene rings is 3. The van der Waals surface area contributed by atoms with E-state index in [-0.39, 0.29) is 5.91 Å². The van der Waals surface area contributed by atoms with E-state index >= 15 is 0 Å².